The molecule has 1 aliphatic rings. The topological polar surface area (TPSA) is 88.1 Å². The summed E-state index contributed by atoms with van der Waals surface area (Å²) in [5.41, 5.74) is 4.98. The number of nitrogens with zero attached hydrogens (tertiary/aromatic N) is 2. The zero-order valence-corrected chi connectivity index (χ0v) is 16.3. The SMILES string of the molecule is CCCCN(C(=O)C(C)OC(C)=O)c1ccc(C2=NNC(=O)CC2C)cc1. The van der Waals surface area contributed by atoms with E-state index in [-0.39, 0.29) is 17.7 Å². The minimum atomic E-state index is -0.836. The van der Waals surface area contributed by atoms with Gasteiger partial charge in [0.25, 0.3) is 5.91 Å². The summed E-state index contributed by atoms with van der Waals surface area (Å²) < 4.78 is 5.05. The molecule has 146 valence electrons. The molecule has 0 saturated carbocycles. The van der Waals surface area contributed by atoms with Gasteiger partial charge in [-0.3, -0.25) is 14.4 Å². The molecule has 1 aromatic rings. The fraction of sp³-hybridized carbons (Fsp3) is 0.500. The van der Waals surface area contributed by atoms with E-state index in [4.69, 9.17) is 4.74 Å². The van der Waals surface area contributed by atoms with E-state index in [2.05, 4.69) is 17.5 Å². The van der Waals surface area contributed by atoms with Crippen LogP contribution >= 0.6 is 0 Å². The normalized spacial score (nSPS) is 17.6. The number of nitrogens with one attached hydrogen (secondary N) is 1. The third-order valence-corrected chi connectivity index (χ3v) is 4.43. The highest BCUT2D eigenvalue weighted by Gasteiger charge is 2.25. The van der Waals surface area contributed by atoms with E-state index in [1.54, 1.807) is 11.8 Å². The predicted octanol–water partition coefficient (Wildman–Crippen LogP) is 2.63. The molecule has 2 atom stereocenters. The lowest BCUT2D eigenvalue weighted by Gasteiger charge is -2.26. The molecule has 7 heteroatoms. The number of rotatable bonds is 7. The fourth-order valence-corrected chi connectivity index (χ4v) is 3.02. The number of carbonyl (C=O) groups is 3. The average Bonchev–Trinajstić information content (AvgIpc) is 2.62. The molecule has 1 aliphatic heterocycles. The first-order valence-electron chi connectivity index (χ1n) is 9.29. The van der Waals surface area contributed by atoms with Crippen molar-refractivity contribution < 1.29 is 19.1 Å². The Hall–Kier alpha value is -2.70. The van der Waals surface area contributed by atoms with Gasteiger partial charge in [-0.1, -0.05) is 32.4 Å². The molecule has 2 rings (SSSR count). The van der Waals surface area contributed by atoms with Gasteiger partial charge >= 0.3 is 5.97 Å². The number of amides is 2. The number of benzene rings is 1. The van der Waals surface area contributed by atoms with Gasteiger partial charge in [0.15, 0.2) is 6.10 Å². The van der Waals surface area contributed by atoms with Gasteiger partial charge in [0.05, 0.1) is 5.71 Å². The summed E-state index contributed by atoms with van der Waals surface area (Å²) in [6.45, 7) is 7.44. The first-order valence-corrected chi connectivity index (χ1v) is 9.29. The Morgan fingerprint density at radius 2 is 2.00 bits per heavy atom. The van der Waals surface area contributed by atoms with E-state index in [9.17, 15) is 14.4 Å². The second kappa shape index (κ2) is 9.30. The Bertz CT molecular complexity index is 727. The Morgan fingerprint density at radius 1 is 1.33 bits per heavy atom. The highest BCUT2D eigenvalue weighted by molar-refractivity contribution is 6.06. The van der Waals surface area contributed by atoms with Gasteiger partial charge in [-0.15, -0.1) is 0 Å². The molecule has 0 aliphatic carbocycles. The monoisotopic (exact) mass is 373 g/mol. The molecule has 0 spiro atoms. The Kier molecular flexibility index (Phi) is 7.10. The maximum absolute atomic E-state index is 12.7. The van der Waals surface area contributed by atoms with Gasteiger partial charge in [0.1, 0.15) is 0 Å². The number of carbonyl (C=O) groups excluding carboxylic acids is 3. The van der Waals surface area contributed by atoms with Crippen molar-refractivity contribution in [3.8, 4) is 0 Å². The largest absolute Gasteiger partial charge is 0.453 e. The lowest BCUT2D eigenvalue weighted by atomic mass is 9.94. The van der Waals surface area contributed by atoms with Crippen LogP contribution < -0.4 is 10.3 Å². The highest BCUT2D eigenvalue weighted by atomic mass is 16.5. The van der Waals surface area contributed by atoms with E-state index in [0.29, 0.717) is 13.0 Å². The molecule has 0 saturated heterocycles. The van der Waals surface area contributed by atoms with Crippen molar-refractivity contribution in [1.29, 1.82) is 0 Å². The second-order valence-electron chi connectivity index (χ2n) is 6.78. The Morgan fingerprint density at radius 3 is 2.56 bits per heavy atom. The van der Waals surface area contributed by atoms with E-state index in [1.807, 2.05) is 31.2 Å². The molecule has 2 amide bonds. The third-order valence-electron chi connectivity index (χ3n) is 4.43. The van der Waals surface area contributed by atoms with Crippen molar-refractivity contribution in [2.45, 2.75) is 53.1 Å². The highest BCUT2D eigenvalue weighted by Crippen LogP contribution is 2.22. The molecular formula is C20H27N3O4. The van der Waals surface area contributed by atoms with E-state index >= 15 is 0 Å². The van der Waals surface area contributed by atoms with Crippen molar-refractivity contribution in [3.05, 3.63) is 29.8 Å². The van der Waals surface area contributed by atoms with Crippen LogP contribution in [0.3, 0.4) is 0 Å². The van der Waals surface area contributed by atoms with Crippen LogP contribution in [0.5, 0.6) is 0 Å². The average molecular weight is 373 g/mol. The summed E-state index contributed by atoms with van der Waals surface area (Å²) in [6.07, 6.45) is 1.35. The summed E-state index contributed by atoms with van der Waals surface area (Å²) in [7, 11) is 0. The number of ether oxygens (including phenoxy) is 1. The zero-order chi connectivity index (χ0) is 20.0. The lowest BCUT2D eigenvalue weighted by Crippen LogP contribution is -2.40. The minimum Gasteiger partial charge on any atom is -0.453 e. The number of unbranched alkanes of at least 4 members (excludes halogenated alkanes) is 1. The molecule has 0 fully saturated rings. The Labute approximate surface area is 159 Å². The molecule has 1 aromatic carbocycles. The summed E-state index contributed by atoms with van der Waals surface area (Å²) in [4.78, 5) is 37.0. The van der Waals surface area contributed by atoms with Gasteiger partial charge in [-0.2, -0.15) is 5.10 Å². The van der Waals surface area contributed by atoms with Gasteiger partial charge in [-0.25, -0.2) is 5.43 Å². The number of hydrogen-bond donors (Lipinski definition) is 1. The summed E-state index contributed by atoms with van der Waals surface area (Å²) >= 11 is 0. The van der Waals surface area contributed by atoms with Crippen LogP contribution in [0.2, 0.25) is 0 Å². The van der Waals surface area contributed by atoms with Gasteiger partial charge in [0.2, 0.25) is 5.91 Å². The van der Waals surface area contributed by atoms with Crippen LogP contribution in [-0.2, 0) is 19.1 Å². The van der Waals surface area contributed by atoms with Gasteiger partial charge in [-0.05, 0) is 31.0 Å². The van der Waals surface area contributed by atoms with Crippen LogP contribution in [0, 0.1) is 5.92 Å². The van der Waals surface area contributed by atoms with Gasteiger partial charge < -0.3 is 9.64 Å². The van der Waals surface area contributed by atoms with Crippen LogP contribution in [0.1, 0.15) is 52.5 Å². The number of anilines is 1. The first-order chi connectivity index (χ1) is 12.8. The standard InChI is InChI=1S/C20H27N3O4/c1-5-6-11-23(20(26)14(3)27-15(4)24)17-9-7-16(8-10-17)19-13(2)12-18(25)21-22-19/h7-10,13-14H,5-6,11-12H2,1-4H3,(H,21,25). The van der Waals surface area contributed by atoms with Crippen LogP contribution in [0.25, 0.3) is 0 Å². The number of hydrogen-bond acceptors (Lipinski definition) is 5. The molecule has 1 heterocycles. The Balaban J connectivity index is 2.22. The summed E-state index contributed by atoms with van der Waals surface area (Å²) in [6, 6.07) is 7.50. The maximum atomic E-state index is 12.7. The summed E-state index contributed by atoms with van der Waals surface area (Å²) in [5, 5.41) is 4.16. The summed E-state index contributed by atoms with van der Waals surface area (Å²) in [5.74, 6) is -0.778. The third kappa shape index (κ3) is 5.39. The lowest BCUT2D eigenvalue weighted by molar-refractivity contribution is -0.151. The molecule has 7 nitrogen and oxygen atoms in total. The van der Waals surface area contributed by atoms with Crippen molar-refractivity contribution in [2.75, 3.05) is 11.4 Å². The van der Waals surface area contributed by atoms with Crippen molar-refractivity contribution in [1.82, 2.24) is 5.43 Å². The second-order valence-corrected chi connectivity index (χ2v) is 6.78. The zero-order valence-electron chi connectivity index (χ0n) is 16.3. The molecule has 27 heavy (non-hydrogen) atoms. The van der Waals surface area contributed by atoms with E-state index in [0.717, 1.165) is 29.8 Å². The van der Waals surface area contributed by atoms with Crippen molar-refractivity contribution in [3.63, 3.8) is 0 Å². The predicted molar refractivity (Wildman–Crippen MR) is 103 cm³/mol. The molecular weight excluding hydrogens is 346 g/mol. The molecule has 0 aromatic heterocycles. The first kappa shape index (κ1) is 20.6. The molecule has 1 N–H and O–H groups in total. The van der Waals surface area contributed by atoms with Crippen LogP contribution in [0.15, 0.2) is 29.4 Å². The van der Waals surface area contributed by atoms with E-state index < -0.39 is 12.1 Å². The van der Waals surface area contributed by atoms with Crippen molar-refractivity contribution in [2.24, 2.45) is 11.0 Å². The molecule has 2 unspecified atom stereocenters. The molecule has 0 bridgehead atoms. The van der Waals surface area contributed by atoms with Crippen LogP contribution in [0.4, 0.5) is 5.69 Å². The van der Waals surface area contributed by atoms with E-state index in [1.165, 1.54) is 6.92 Å². The number of hydrazone groups is 1. The van der Waals surface area contributed by atoms with Gasteiger partial charge in [0, 0.05) is 31.5 Å². The fourth-order valence-electron chi connectivity index (χ4n) is 3.02. The maximum Gasteiger partial charge on any atom is 0.303 e. The quantitative estimate of drug-likeness (QED) is 0.744. The smallest absolute Gasteiger partial charge is 0.303 e. The van der Waals surface area contributed by atoms with Crippen LogP contribution in [-0.4, -0.2) is 36.1 Å². The number of esters is 1. The minimum absolute atomic E-state index is 0.0337. The van der Waals surface area contributed by atoms with Crippen molar-refractivity contribution >= 4 is 29.2 Å². The molecule has 0 radical (unpaired) electrons.